The van der Waals surface area contributed by atoms with Gasteiger partial charge in [0.1, 0.15) is 5.69 Å². The smallest absolute Gasteiger partial charge is 0.348 e. The summed E-state index contributed by atoms with van der Waals surface area (Å²) in [6.07, 6.45) is -2.66. The molecule has 7 heteroatoms. The van der Waals surface area contributed by atoms with Gasteiger partial charge in [-0.25, -0.2) is 4.98 Å². The fourth-order valence-corrected chi connectivity index (χ4v) is 2.20. The number of nitrogens with one attached hydrogen (secondary N) is 2. The fourth-order valence-electron chi connectivity index (χ4n) is 2.20. The number of carbonyl (C=O) groups excluding carboxylic acids is 1. The molecule has 1 aromatic heterocycles. The number of nitrogens with zero attached hydrogens (tertiary/aromatic N) is 1. The first kappa shape index (κ1) is 14.8. The molecule has 1 aromatic rings. The number of pyridine rings is 1. The normalized spacial score (nSPS) is 19.7. The first-order valence-electron chi connectivity index (χ1n) is 6.44. The SMILES string of the molecule is Cc1nc(C(F)(F)F)ccc1C(=O)NC1CCCNC1. The Labute approximate surface area is 114 Å². The molecule has 2 N–H and O–H groups in total. The number of aromatic nitrogens is 1. The van der Waals surface area contributed by atoms with Gasteiger partial charge in [-0.05, 0) is 38.4 Å². The van der Waals surface area contributed by atoms with Gasteiger partial charge < -0.3 is 10.6 Å². The van der Waals surface area contributed by atoms with Crippen molar-refractivity contribution in [1.29, 1.82) is 0 Å². The van der Waals surface area contributed by atoms with E-state index in [0.717, 1.165) is 25.5 Å². The lowest BCUT2D eigenvalue weighted by Crippen LogP contribution is -2.45. The molecule has 0 bridgehead atoms. The van der Waals surface area contributed by atoms with Crippen LogP contribution in [0.3, 0.4) is 0 Å². The molecule has 4 nitrogen and oxygen atoms in total. The van der Waals surface area contributed by atoms with E-state index in [1.165, 1.54) is 13.0 Å². The second-order valence-electron chi connectivity index (χ2n) is 4.84. The Bertz CT molecular complexity index is 496. The van der Waals surface area contributed by atoms with Crippen LogP contribution < -0.4 is 10.6 Å². The summed E-state index contributed by atoms with van der Waals surface area (Å²) in [5.41, 5.74) is -0.712. The molecule has 1 saturated heterocycles. The van der Waals surface area contributed by atoms with Gasteiger partial charge in [-0.1, -0.05) is 0 Å². The van der Waals surface area contributed by atoms with Crippen molar-refractivity contribution < 1.29 is 18.0 Å². The Morgan fingerprint density at radius 2 is 2.20 bits per heavy atom. The number of hydrogen-bond donors (Lipinski definition) is 2. The van der Waals surface area contributed by atoms with E-state index in [2.05, 4.69) is 15.6 Å². The zero-order valence-corrected chi connectivity index (χ0v) is 11.0. The topological polar surface area (TPSA) is 54.0 Å². The van der Waals surface area contributed by atoms with E-state index in [0.29, 0.717) is 6.54 Å². The zero-order chi connectivity index (χ0) is 14.8. The largest absolute Gasteiger partial charge is 0.433 e. The van der Waals surface area contributed by atoms with E-state index < -0.39 is 11.9 Å². The van der Waals surface area contributed by atoms with E-state index in [1.54, 1.807) is 0 Å². The van der Waals surface area contributed by atoms with E-state index in [1.807, 2.05) is 0 Å². The summed E-state index contributed by atoms with van der Waals surface area (Å²) < 4.78 is 37.5. The van der Waals surface area contributed by atoms with E-state index >= 15 is 0 Å². The Morgan fingerprint density at radius 1 is 1.45 bits per heavy atom. The summed E-state index contributed by atoms with van der Waals surface area (Å²) in [6.45, 7) is 3.01. The van der Waals surface area contributed by atoms with Crippen LogP contribution >= 0.6 is 0 Å². The molecule has 1 aliphatic rings. The maximum absolute atomic E-state index is 12.5. The fraction of sp³-hybridized carbons (Fsp3) is 0.538. The van der Waals surface area contributed by atoms with Crippen molar-refractivity contribution in [2.24, 2.45) is 0 Å². The second kappa shape index (κ2) is 5.78. The highest BCUT2D eigenvalue weighted by atomic mass is 19.4. The summed E-state index contributed by atoms with van der Waals surface area (Å²) in [6, 6.07) is 2.02. The number of halogens is 3. The number of amides is 1. The molecule has 1 amide bonds. The molecule has 0 aliphatic carbocycles. The summed E-state index contributed by atoms with van der Waals surface area (Å²) in [4.78, 5) is 15.5. The number of hydrogen-bond acceptors (Lipinski definition) is 3. The highest BCUT2D eigenvalue weighted by Crippen LogP contribution is 2.28. The van der Waals surface area contributed by atoms with E-state index in [-0.39, 0.29) is 23.2 Å². The van der Waals surface area contributed by atoms with Crippen molar-refractivity contribution >= 4 is 5.91 Å². The molecule has 1 atom stereocenters. The number of aryl methyl sites for hydroxylation is 1. The third-order valence-electron chi connectivity index (χ3n) is 3.25. The lowest BCUT2D eigenvalue weighted by atomic mass is 10.1. The lowest BCUT2D eigenvalue weighted by Gasteiger charge is -2.24. The molecule has 20 heavy (non-hydrogen) atoms. The van der Waals surface area contributed by atoms with Crippen LogP contribution in [0, 0.1) is 6.92 Å². The molecule has 0 saturated carbocycles. The minimum Gasteiger partial charge on any atom is -0.348 e. The van der Waals surface area contributed by atoms with Crippen molar-refractivity contribution in [2.45, 2.75) is 32.0 Å². The highest BCUT2D eigenvalue weighted by molar-refractivity contribution is 5.95. The average molecular weight is 287 g/mol. The van der Waals surface area contributed by atoms with E-state index in [9.17, 15) is 18.0 Å². The van der Waals surface area contributed by atoms with Crippen LogP contribution in [0.2, 0.25) is 0 Å². The first-order valence-corrected chi connectivity index (χ1v) is 6.44. The summed E-state index contributed by atoms with van der Waals surface area (Å²) in [5.74, 6) is -0.377. The highest BCUT2D eigenvalue weighted by Gasteiger charge is 2.33. The van der Waals surface area contributed by atoms with Crippen LogP contribution in [0.4, 0.5) is 13.2 Å². The second-order valence-corrected chi connectivity index (χ2v) is 4.84. The van der Waals surface area contributed by atoms with Gasteiger partial charge in [0, 0.05) is 12.6 Å². The third-order valence-corrected chi connectivity index (χ3v) is 3.25. The summed E-state index contributed by atoms with van der Waals surface area (Å²) in [7, 11) is 0. The Hall–Kier alpha value is -1.63. The molecule has 110 valence electrons. The molecule has 1 unspecified atom stereocenters. The predicted molar refractivity (Wildman–Crippen MR) is 67.3 cm³/mol. The average Bonchev–Trinajstić information content (AvgIpc) is 2.38. The van der Waals surface area contributed by atoms with Gasteiger partial charge in [-0.3, -0.25) is 4.79 Å². The van der Waals surface area contributed by atoms with Gasteiger partial charge in [-0.2, -0.15) is 13.2 Å². The Kier molecular flexibility index (Phi) is 4.27. The molecule has 0 aromatic carbocycles. The minimum absolute atomic E-state index is 0.0120. The molecule has 2 rings (SSSR count). The van der Waals surface area contributed by atoms with Crippen LogP contribution in [0.15, 0.2) is 12.1 Å². The Balaban J connectivity index is 2.10. The number of carbonyl (C=O) groups is 1. The maximum Gasteiger partial charge on any atom is 0.433 e. The van der Waals surface area contributed by atoms with Gasteiger partial charge in [-0.15, -0.1) is 0 Å². The van der Waals surface area contributed by atoms with Crippen LogP contribution in [0.5, 0.6) is 0 Å². The lowest BCUT2D eigenvalue weighted by molar-refractivity contribution is -0.141. The molecule has 0 spiro atoms. The predicted octanol–water partition coefficient (Wildman–Crippen LogP) is 1.89. The van der Waals surface area contributed by atoms with Crippen molar-refractivity contribution in [3.05, 3.63) is 29.1 Å². The van der Waals surface area contributed by atoms with Crippen molar-refractivity contribution in [3.8, 4) is 0 Å². The Morgan fingerprint density at radius 3 is 2.75 bits per heavy atom. The number of alkyl halides is 3. The third kappa shape index (κ3) is 3.47. The molecular formula is C13H16F3N3O. The van der Waals surface area contributed by atoms with Gasteiger partial charge in [0.15, 0.2) is 0 Å². The van der Waals surface area contributed by atoms with Crippen molar-refractivity contribution in [3.63, 3.8) is 0 Å². The van der Waals surface area contributed by atoms with Crippen LogP contribution in [-0.4, -0.2) is 30.0 Å². The van der Waals surface area contributed by atoms with Crippen molar-refractivity contribution in [1.82, 2.24) is 15.6 Å². The quantitative estimate of drug-likeness (QED) is 0.873. The maximum atomic E-state index is 12.5. The number of rotatable bonds is 2. The van der Waals surface area contributed by atoms with E-state index in [4.69, 9.17) is 0 Å². The van der Waals surface area contributed by atoms with Gasteiger partial charge in [0.2, 0.25) is 0 Å². The minimum atomic E-state index is -4.49. The summed E-state index contributed by atoms with van der Waals surface area (Å²) in [5, 5.41) is 5.97. The number of piperidine rings is 1. The zero-order valence-electron chi connectivity index (χ0n) is 11.0. The molecule has 1 aliphatic heterocycles. The van der Waals surface area contributed by atoms with Gasteiger partial charge in [0.05, 0.1) is 11.3 Å². The molecule has 0 radical (unpaired) electrons. The van der Waals surface area contributed by atoms with Crippen LogP contribution in [-0.2, 0) is 6.18 Å². The first-order chi connectivity index (χ1) is 9.38. The molecule has 1 fully saturated rings. The van der Waals surface area contributed by atoms with Crippen LogP contribution in [0.25, 0.3) is 0 Å². The molecule has 2 heterocycles. The monoisotopic (exact) mass is 287 g/mol. The standard InChI is InChI=1S/C13H16F3N3O/c1-8-10(4-5-11(18-8)13(14,15)16)12(20)19-9-3-2-6-17-7-9/h4-5,9,17H,2-3,6-7H2,1H3,(H,19,20). The van der Waals surface area contributed by atoms with Gasteiger partial charge in [0.25, 0.3) is 5.91 Å². The molecular weight excluding hydrogens is 271 g/mol. The summed E-state index contributed by atoms with van der Waals surface area (Å²) >= 11 is 0. The van der Waals surface area contributed by atoms with Gasteiger partial charge >= 0.3 is 6.18 Å². The van der Waals surface area contributed by atoms with Crippen LogP contribution in [0.1, 0.15) is 34.6 Å². The van der Waals surface area contributed by atoms with Crippen molar-refractivity contribution in [2.75, 3.05) is 13.1 Å².